The first-order valence-corrected chi connectivity index (χ1v) is 11.2. The number of carbonyl (C=O) groups is 2. The van der Waals surface area contributed by atoms with Crippen LogP contribution in [0.3, 0.4) is 0 Å². The predicted octanol–water partition coefficient (Wildman–Crippen LogP) is 0.733. The Morgan fingerprint density at radius 2 is 1.89 bits per heavy atom. The number of ether oxygens (including phenoxy) is 3. The van der Waals surface area contributed by atoms with Gasteiger partial charge in [-0.25, -0.2) is 0 Å². The summed E-state index contributed by atoms with van der Waals surface area (Å²) in [5, 5.41) is 14.5. The number of carboxylic acids is 1. The topological polar surface area (TPSA) is 96.9 Å². The van der Waals surface area contributed by atoms with Gasteiger partial charge in [0, 0.05) is 35.6 Å². The predicted molar refractivity (Wildman–Crippen MR) is 125 cm³/mol. The standard InChI is InChI=1S/C26H24ClNO6.Na/c1-32-19-4-2-3-16(13-19)9-11-28-25(29)17-5-7-18(8-6-17)34-24-15-23-21(14-22(24)27)20(26(30)31)10-12-33-23;/h2-8,13-15,20H,9-12H2,1H3,(H,28,29)(H,30,31);/q;+1/p-1. The van der Waals surface area contributed by atoms with Gasteiger partial charge in [-0.3, -0.25) is 4.79 Å². The Kier molecular flexibility index (Phi) is 9.46. The van der Waals surface area contributed by atoms with Crippen molar-refractivity contribution in [2.45, 2.75) is 18.8 Å². The van der Waals surface area contributed by atoms with E-state index in [2.05, 4.69) is 5.32 Å². The molecule has 7 nitrogen and oxygen atoms in total. The van der Waals surface area contributed by atoms with Crippen LogP contribution in [0.15, 0.2) is 60.7 Å². The van der Waals surface area contributed by atoms with E-state index in [9.17, 15) is 14.7 Å². The van der Waals surface area contributed by atoms with Crippen molar-refractivity contribution >= 4 is 23.5 Å². The Balaban J connectivity index is 0.00000342. The van der Waals surface area contributed by atoms with Gasteiger partial charge in [-0.1, -0.05) is 23.7 Å². The molecule has 4 rings (SSSR count). The number of rotatable bonds is 8. The van der Waals surface area contributed by atoms with Crippen molar-refractivity contribution in [2.75, 3.05) is 20.3 Å². The Morgan fingerprint density at radius 1 is 1.11 bits per heavy atom. The minimum Gasteiger partial charge on any atom is -0.549 e. The SMILES string of the molecule is COc1cccc(CCNC(=O)c2ccc(Oc3cc4c(cc3Cl)C(C(=O)[O-])CCO4)cc2)c1.[Na+]. The van der Waals surface area contributed by atoms with E-state index < -0.39 is 11.9 Å². The van der Waals surface area contributed by atoms with Gasteiger partial charge in [0.1, 0.15) is 23.0 Å². The maximum Gasteiger partial charge on any atom is 1.00 e. The zero-order chi connectivity index (χ0) is 24.1. The molecule has 3 aromatic rings. The van der Waals surface area contributed by atoms with E-state index in [1.165, 1.54) is 6.07 Å². The second kappa shape index (κ2) is 12.3. The van der Waals surface area contributed by atoms with Crippen molar-refractivity contribution in [2.24, 2.45) is 0 Å². The van der Waals surface area contributed by atoms with Gasteiger partial charge >= 0.3 is 29.6 Å². The van der Waals surface area contributed by atoms with E-state index in [4.69, 9.17) is 25.8 Å². The summed E-state index contributed by atoms with van der Waals surface area (Å²) in [7, 11) is 1.62. The van der Waals surface area contributed by atoms with Crippen molar-refractivity contribution in [3.63, 3.8) is 0 Å². The first-order valence-electron chi connectivity index (χ1n) is 10.8. The Hall–Kier alpha value is -2.71. The van der Waals surface area contributed by atoms with Crippen molar-refractivity contribution in [1.29, 1.82) is 0 Å². The number of nitrogens with one attached hydrogen (secondary N) is 1. The molecule has 1 aliphatic rings. The molecule has 176 valence electrons. The van der Waals surface area contributed by atoms with Crippen molar-refractivity contribution in [3.8, 4) is 23.0 Å². The van der Waals surface area contributed by atoms with E-state index in [1.54, 1.807) is 37.4 Å². The average Bonchev–Trinajstić information content (AvgIpc) is 2.84. The number of aliphatic carboxylic acids is 1. The second-order valence-electron chi connectivity index (χ2n) is 7.81. The fourth-order valence-electron chi connectivity index (χ4n) is 3.76. The zero-order valence-corrected chi connectivity index (χ0v) is 22.3. The van der Waals surface area contributed by atoms with Crippen molar-refractivity contribution in [3.05, 3.63) is 82.4 Å². The molecule has 1 N–H and O–H groups in total. The molecular weight excluding hydrogens is 481 g/mol. The van der Waals surface area contributed by atoms with E-state index in [1.807, 2.05) is 24.3 Å². The zero-order valence-electron chi connectivity index (χ0n) is 19.5. The Labute approximate surface area is 230 Å². The average molecular weight is 504 g/mol. The Bertz CT molecular complexity index is 1200. The van der Waals surface area contributed by atoms with E-state index in [0.29, 0.717) is 47.8 Å². The molecule has 35 heavy (non-hydrogen) atoms. The number of halogens is 1. The Morgan fingerprint density at radius 3 is 2.60 bits per heavy atom. The van der Waals surface area contributed by atoms with Gasteiger partial charge in [0.2, 0.25) is 0 Å². The van der Waals surface area contributed by atoms with Crippen LogP contribution in [0, 0.1) is 0 Å². The van der Waals surface area contributed by atoms with E-state index >= 15 is 0 Å². The third kappa shape index (κ3) is 6.70. The molecule has 1 amide bonds. The fourth-order valence-corrected chi connectivity index (χ4v) is 3.98. The molecule has 0 aromatic heterocycles. The number of hydrogen-bond donors (Lipinski definition) is 1. The molecule has 1 heterocycles. The number of methoxy groups -OCH3 is 1. The van der Waals surface area contributed by atoms with Crippen molar-refractivity contribution in [1.82, 2.24) is 5.32 Å². The van der Waals surface area contributed by atoms with Crippen LogP contribution in [0.5, 0.6) is 23.0 Å². The van der Waals surface area contributed by atoms with Gasteiger partial charge < -0.3 is 29.4 Å². The largest absolute Gasteiger partial charge is 1.00 e. The number of hydrogen-bond acceptors (Lipinski definition) is 6. The molecule has 0 saturated carbocycles. The smallest absolute Gasteiger partial charge is 0.549 e. The van der Waals surface area contributed by atoms with Crippen LogP contribution < -0.4 is 54.2 Å². The summed E-state index contributed by atoms with van der Waals surface area (Å²) in [5.74, 6) is -0.126. The van der Waals surface area contributed by atoms with E-state index in [0.717, 1.165) is 11.3 Å². The van der Waals surface area contributed by atoms with Crippen LogP contribution in [0.2, 0.25) is 5.02 Å². The second-order valence-corrected chi connectivity index (χ2v) is 8.22. The molecule has 1 unspecified atom stereocenters. The normalized spacial score (nSPS) is 14.1. The van der Waals surface area contributed by atoms with Gasteiger partial charge in [0.05, 0.1) is 18.7 Å². The molecule has 1 aliphatic heterocycles. The minimum atomic E-state index is -1.16. The van der Waals surface area contributed by atoms with Gasteiger partial charge in [-0.2, -0.15) is 0 Å². The maximum atomic E-state index is 12.5. The summed E-state index contributed by atoms with van der Waals surface area (Å²) >= 11 is 6.32. The molecule has 0 radical (unpaired) electrons. The molecule has 9 heteroatoms. The summed E-state index contributed by atoms with van der Waals surface area (Å²) in [6.07, 6.45) is 1.01. The van der Waals surface area contributed by atoms with Crippen LogP contribution in [0.4, 0.5) is 0 Å². The van der Waals surface area contributed by atoms with Gasteiger partial charge in [0.25, 0.3) is 5.91 Å². The molecule has 0 bridgehead atoms. The number of benzene rings is 3. The first kappa shape index (κ1) is 26.9. The number of carboxylic acid groups (broad SMARTS) is 1. The summed E-state index contributed by atoms with van der Waals surface area (Å²) in [6, 6.07) is 17.5. The summed E-state index contributed by atoms with van der Waals surface area (Å²) in [5.41, 5.74) is 2.04. The van der Waals surface area contributed by atoms with E-state index in [-0.39, 0.29) is 47.1 Å². The van der Waals surface area contributed by atoms with Crippen LogP contribution in [-0.2, 0) is 11.2 Å². The molecule has 1 atom stereocenters. The fraction of sp³-hybridized carbons (Fsp3) is 0.231. The van der Waals surface area contributed by atoms with Crippen LogP contribution in [-0.4, -0.2) is 32.1 Å². The quantitative estimate of drug-likeness (QED) is 0.455. The van der Waals surface area contributed by atoms with Crippen molar-refractivity contribution < 1.29 is 58.5 Å². The van der Waals surface area contributed by atoms with Gasteiger partial charge in [-0.05, 0) is 60.9 Å². The van der Waals surface area contributed by atoms with Gasteiger partial charge in [0.15, 0.2) is 0 Å². The third-order valence-electron chi connectivity index (χ3n) is 5.57. The third-order valence-corrected chi connectivity index (χ3v) is 5.86. The maximum absolute atomic E-state index is 12.5. The summed E-state index contributed by atoms with van der Waals surface area (Å²) in [4.78, 5) is 23.8. The van der Waals surface area contributed by atoms with Crippen LogP contribution in [0.1, 0.15) is 33.8 Å². The molecule has 3 aromatic carbocycles. The minimum absolute atomic E-state index is 0. The monoisotopic (exact) mass is 503 g/mol. The van der Waals surface area contributed by atoms with Crippen LogP contribution >= 0.6 is 11.6 Å². The van der Waals surface area contributed by atoms with Crippen LogP contribution in [0.25, 0.3) is 0 Å². The molecule has 0 saturated heterocycles. The molecular formula is C26H23ClNNaO6. The molecule has 0 aliphatic carbocycles. The summed E-state index contributed by atoms with van der Waals surface area (Å²) < 4.78 is 16.6. The summed E-state index contributed by atoms with van der Waals surface area (Å²) in [6.45, 7) is 0.760. The number of fused-ring (bicyclic) bond motifs is 1. The first-order chi connectivity index (χ1) is 16.4. The molecule has 0 spiro atoms. The number of amides is 1. The molecule has 0 fully saturated rings. The number of carbonyl (C=O) groups excluding carboxylic acids is 2. The van der Waals surface area contributed by atoms with Gasteiger partial charge in [-0.15, -0.1) is 0 Å².